The van der Waals surface area contributed by atoms with Gasteiger partial charge in [-0.1, -0.05) is 32.0 Å². The van der Waals surface area contributed by atoms with Crippen LogP contribution in [0.1, 0.15) is 64.3 Å². The smallest absolute Gasteiger partial charge is 0.410 e. The number of carbonyl (C=O) groups is 2. The third-order valence-electron chi connectivity index (χ3n) is 5.30. The van der Waals surface area contributed by atoms with Gasteiger partial charge in [-0.05, 0) is 45.2 Å². The average molecular weight is 443 g/mol. The number of para-hydroxylation sites is 1. The molecule has 0 aliphatic carbocycles. The van der Waals surface area contributed by atoms with Crippen LogP contribution in [0, 0.1) is 0 Å². The maximum atomic E-state index is 13.0. The van der Waals surface area contributed by atoms with Crippen LogP contribution < -0.4 is 10.1 Å². The molecular formula is C24H34N4O4. The number of carbonyl (C=O) groups excluding carboxylic acids is 2. The van der Waals surface area contributed by atoms with Crippen molar-refractivity contribution >= 4 is 17.8 Å². The van der Waals surface area contributed by atoms with Crippen LogP contribution in [0.4, 0.5) is 10.6 Å². The van der Waals surface area contributed by atoms with E-state index in [2.05, 4.69) is 24.3 Å². The molecule has 1 unspecified atom stereocenters. The number of benzene rings is 1. The molecule has 1 aromatic carbocycles. The fourth-order valence-corrected chi connectivity index (χ4v) is 3.67. The fraction of sp³-hybridized carbons (Fsp3) is 0.542. The molecule has 0 saturated carbocycles. The van der Waals surface area contributed by atoms with Crippen LogP contribution in [0.3, 0.4) is 0 Å². The summed E-state index contributed by atoms with van der Waals surface area (Å²) < 4.78 is 13.1. The molecular weight excluding hydrogens is 408 g/mol. The second kappa shape index (κ2) is 9.22. The van der Waals surface area contributed by atoms with E-state index in [0.29, 0.717) is 31.1 Å². The number of nitrogens with zero attached hydrogens (tertiary/aromatic N) is 3. The lowest BCUT2D eigenvalue weighted by atomic mass is 10.0. The number of rotatable bonds is 5. The van der Waals surface area contributed by atoms with E-state index >= 15 is 0 Å². The first kappa shape index (κ1) is 23.6. The standard InChI is InChI=1S/C24H34N4O4/c1-15(2)17-10-8-9-11-20(17)31-16(3)22(29)25-21-18-14-28(23(30)32-24(4,5)6)13-12-19(18)26-27(21)7/h8-11,15-16H,12-14H2,1-7H3,(H,25,29). The van der Waals surface area contributed by atoms with Crippen LogP contribution in [0.15, 0.2) is 24.3 Å². The highest BCUT2D eigenvalue weighted by Crippen LogP contribution is 2.29. The number of anilines is 1. The largest absolute Gasteiger partial charge is 0.481 e. The summed E-state index contributed by atoms with van der Waals surface area (Å²) in [5.41, 5.74) is 2.19. The quantitative estimate of drug-likeness (QED) is 0.748. The number of amides is 2. The maximum Gasteiger partial charge on any atom is 0.410 e. The number of nitrogens with one attached hydrogen (secondary N) is 1. The number of hydrogen-bond acceptors (Lipinski definition) is 5. The Kier molecular flexibility index (Phi) is 6.81. The minimum absolute atomic E-state index is 0.274. The van der Waals surface area contributed by atoms with Gasteiger partial charge >= 0.3 is 6.09 Å². The highest BCUT2D eigenvalue weighted by Gasteiger charge is 2.30. The normalized spacial score (nSPS) is 14.7. The van der Waals surface area contributed by atoms with Gasteiger partial charge in [-0.3, -0.25) is 9.48 Å². The van der Waals surface area contributed by atoms with E-state index in [0.717, 1.165) is 16.8 Å². The third kappa shape index (κ3) is 5.41. The van der Waals surface area contributed by atoms with Crippen molar-refractivity contribution in [3.63, 3.8) is 0 Å². The molecule has 1 atom stereocenters. The lowest BCUT2D eigenvalue weighted by Gasteiger charge is -2.30. The molecule has 3 rings (SSSR count). The van der Waals surface area contributed by atoms with Crippen LogP contribution in [0.25, 0.3) is 0 Å². The summed E-state index contributed by atoms with van der Waals surface area (Å²) in [5, 5.41) is 7.49. The van der Waals surface area contributed by atoms with Crippen molar-refractivity contribution in [3.8, 4) is 5.75 Å². The number of hydrogen-bond donors (Lipinski definition) is 1. The Bertz CT molecular complexity index is 990. The monoisotopic (exact) mass is 442 g/mol. The van der Waals surface area contributed by atoms with Crippen LogP contribution in [-0.2, 0) is 29.5 Å². The number of fused-ring (bicyclic) bond motifs is 1. The predicted molar refractivity (Wildman–Crippen MR) is 123 cm³/mol. The second-order valence-corrected chi connectivity index (χ2v) is 9.49. The highest BCUT2D eigenvalue weighted by atomic mass is 16.6. The molecule has 2 heterocycles. The van der Waals surface area contributed by atoms with Gasteiger partial charge in [0.05, 0.1) is 12.2 Å². The summed E-state index contributed by atoms with van der Waals surface area (Å²) in [7, 11) is 1.78. The van der Waals surface area contributed by atoms with E-state index in [1.54, 1.807) is 23.6 Å². The average Bonchev–Trinajstić information content (AvgIpc) is 3.01. The Morgan fingerprint density at radius 3 is 2.50 bits per heavy atom. The Morgan fingerprint density at radius 2 is 1.84 bits per heavy atom. The van der Waals surface area contributed by atoms with E-state index in [1.807, 2.05) is 45.0 Å². The van der Waals surface area contributed by atoms with Gasteiger partial charge in [0.2, 0.25) is 0 Å². The van der Waals surface area contributed by atoms with E-state index in [9.17, 15) is 9.59 Å². The summed E-state index contributed by atoms with van der Waals surface area (Å²) in [4.78, 5) is 27.1. The molecule has 2 amide bonds. The van der Waals surface area contributed by atoms with Gasteiger partial charge < -0.3 is 19.7 Å². The zero-order valence-electron chi connectivity index (χ0n) is 20.1. The molecule has 1 aliphatic rings. The maximum absolute atomic E-state index is 13.0. The SMILES string of the molecule is CC(Oc1ccccc1C(C)C)C(=O)Nc1c2c(nn1C)CCN(C(=O)OC(C)(C)C)C2. The number of aromatic nitrogens is 2. The molecule has 1 N–H and O–H groups in total. The Morgan fingerprint density at radius 1 is 1.16 bits per heavy atom. The van der Waals surface area contributed by atoms with E-state index in [1.165, 1.54) is 0 Å². The lowest BCUT2D eigenvalue weighted by molar-refractivity contribution is -0.122. The highest BCUT2D eigenvalue weighted by molar-refractivity contribution is 5.94. The van der Waals surface area contributed by atoms with Crippen molar-refractivity contribution in [2.45, 2.75) is 72.1 Å². The van der Waals surface area contributed by atoms with Gasteiger partial charge in [-0.15, -0.1) is 0 Å². The van der Waals surface area contributed by atoms with Crippen LogP contribution in [0.2, 0.25) is 0 Å². The van der Waals surface area contributed by atoms with Crippen molar-refractivity contribution in [2.24, 2.45) is 7.05 Å². The van der Waals surface area contributed by atoms with E-state index in [-0.39, 0.29) is 17.9 Å². The molecule has 1 aliphatic heterocycles. The van der Waals surface area contributed by atoms with Gasteiger partial charge in [0.15, 0.2) is 6.10 Å². The molecule has 2 aromatic rings. The molecule has 0 spiro atoms. The molecule has 0 saturated heterocycles. The van der Waals surface area contributed by atoms with Gasteiger partial charge in [-0.25, -0.2) is 4.79 Å². The summed E-state index contributed by atoms with van der Waals surface area (Å²) in [6.45, 7) is 12.3. The Hall–Kier alpha value is -3.03. The number of ether oxygens (including phenoxy) is 2. The molecule has 0 fully saturated rings. The molecule has 0 radical (unpaired) electrons. The van der Waals surface area contributed by atoms with Crippen molar-refractivity contribution in [1.29, 1.82) is 0 Å². The lowest BCUT2D eigenvalue weighted by Crippen LogP contribution is -2.40. The zero-order valence-corrected chi connectivity index (χ0v) is 20.1. The third-order valence-corrected chi connectivity index (χ3v) is 5.30. The Balaban J connectivity index is 1.73. The predicted octanol–water partition coefficient (Wildman–Crippen LogP) is 4.24. The van der Waals surface area contributed by atoms with Crippen LogP contribution in [-0.4, -0.2) is 44.9 Å². The molecule has 32 heavy (non-hydrogen) atoms. The molecule has 174 valence electrons. The first-order chi connectivity index (χ1) is 15.0. The first-order valence-electron chi connectivity index (χ1n) is 11.1. The topological polar surface area (TPSA) is 85.7 Å². The van der Waals surface area contributed by atoms with E-state index < -0.39 is 11.7 Å². The first-order valence-corrected chi connectivity index (χ1v) is 11.1. The fourth-order valence-electron chi connectivity index (χ4n) is 3.67. The Labute approximate surface area is 189 Å². The summed E-state index contributed by atoms with van der Waals surface area (Å²) in [5.74, 6) is 1.28. The minimum atomic E-state index is -0.703. The van der Waals surface area contributed by atoms with Crippen molar-refractivity contribution < 1.29 is 19.1 Å². The van der Waals surface area contributed by atoms with Crippen molar-refractivity contribution in [1.82, 2.24) is 14.7 Å². The zero-order chi connectivity index (χ0) is 23.6. The van der Waals surface area contributed by atoms with Crippen LogP contribution >= 0.6 is 0 Å². The molecule has 8 heteroatoms. The second-order valence-electron chi connectivity index (χ2n) is 9.49. The van der Waals surface area contributed by atoms with Crippen LogP contribution in [0.5, 0.6) is 5.75 Å². The van der Waals surface area contributed by atoms with Gasteiger partial charge in [-0.2, -0.15) is 5.10 Å². The number of aryl methyl sites for hydroxylation is 1. The molecule has 8 nitrogen and oxygen atoms in total. The van der Waals surface area contributed by atoms with E-state index in [4.69, 9.17) is 9.47 Å². The molecule has 0 bridgehead atoms. The van der Waals surface area contributed by atoms with Gasteiger partial charge in [0, 0.05) is 25.6 Å². The summed E-state index contributed by atoms with van der Waals surface area (Å²) in [6, 6.07) is 7.75. The van der Waals surface area contributed by atoms with Gasteiger partial charge in [0.1, 0.15) is 17.2 Å². The van der Waals surface area contributed by atoms with Crippen molar-refractivity contribution in [2.75, 3.05) is 11.9 Å². The van der Waals surface area contributed by atoms with Gasteiger partial charge in [0.25, 0.3) is 5.91 Å². The van der Waals surface area contributed by atoms with Crippen molar-refractivity contribution in [3.05, 3.63) is 41.1 Å². The molecule has 1 aromatic heterocycles. The summed E-state index contributed by atoms with van der Waals surface area (Å²) >= 11 is 0. The summed E-state index contributed by atoms with van der Waals surface area (Å²) in [6.07, 6.45) is -0.469. The minimum Gasteiger partial charge on any atom is -0.481 e.